The molecule has 0 radical (unpaired) electrons. The molecule has 0 atom stereocenters. The number of hydrogen-bond acceptors (Lipinski definition) is 3. The van der Waals surface area contributed by atoms with Gasteiger partial charge in [0.05, 0.1) is 10.7 Å². The summed E-state index contributed by atoms with van der Waals surface area (Å²) in [6, 6.07) is 14.0. The maximum Gasteiger partial charge on any atom is 0.262 e. The minimum absolute atomic E-state index is 0.0210. The number of carbonyl (C=O) groups is 2. The molecule has 7 heteroatoms. The predicted octanol–water partition coefficient (Wildman–Crippen LogP) is 5.14. The highest BCUT2D eigenvalue weighted by atomic mass is 35.5. The van der Waals surface area contributed by atoms with Crippen molar-refractivity contribution in [2.75, 3.05) is 23.4 Å². The molecule has 1 aliphatic rings. The van der Waals surface area contributed by atoms with Crippen molar-refractivity contribution in [1.29, 1.82) is 0 Å². The number of rotatable bonds is 5. The molecular formula is C21H16Cl2N2O3. The van der Waals surface area contributed by atoms with Gasteiger partial charge in [0.2, 0.25) is 0 Å². The van der Waals surface area contributed by atoms with E-state index in [2.05, 4.69) is 5.32 Å². The molecule has 0 saturated carbocycles. The molecule has 0 bridgehead atoms. The van der Waals surface area contributed by atoms with Gasteiger partial charge in [-0.3, -0.25) is 9.59 Å². The van der Waals surface area contributed by atoms with E-state index in [9.17, 15) is 9.59 Å². The van der Waals surface area contributed by atoms with Gasteiger partial charge in [0.25, 0.3) is 11.8 Å². The molecule has 0 aliphatic carbocycles. The Morgan fingerprint density at radius 3 is 2.71 bits per heavy atom. The van der Waals surface area contributed by atoms with E-state index in [1.807, 2.05) is 25.1 Å². The highest BCUT2D eigenvalue weighted by molar-refractivity contribution is 6.35. The Labute approximate surface area is 171 Å². The van der Waals surface area contributed by atoms with Gasteiger partial charge in [-0.1, -0.05) is 35.3 Å². The van der Waals surface area contributed by atoms with E-state index in [4.69, 9.17) is 27.9 Å². The minimum atomic E-state index is -0.330. The normalized spacial score (nSPS) is 12.5. The molecule has 1 aliphatic heterocycles. The highest BCUT2D eigenvalue weighted by Gasteiger charge is 2.29. The minimum Gasteiger partial charge on any atom is -0.482 e. The Morgan fingerprint density at radius 2 is 1.96 bits per heavy atom. The summed E-state index contributed by atoms with van der Waals surface area (Å²) in [7, 11) is 0. The zero-order valence-corrected chi connectivity index (χ0v) is 16.5. The van der Waals surface area contributed by atoms with Gasteiger partial charge in [-0.2, -0.15) is 0 Å². The second kappa shape index (κ2) is 7.34. The predicted molar refractivity (Wildman–Crippen MR) is 112 cm³/mol. The van der Waals surface area contributed by atoms with E-state index in [1.165, 1.54) is 0 Å². The van der Waals surface area contributed by atoms with Crippen LogP contribution < -0.4 is 15.0 Å². The van der Waals surface area contributed by atoms with E-state index >= 15 is 0 Å². The van der Waals surface area contributed by atoms with Crippen molar-refractivity contribution in [2.24, 2.45) is 0 Å². The van der Waals surface area contributed by atoms with Gasteiger partial charge >= 0.3 is 0 Å². The first-order valence-electron chi connectivity index (χ1n) is 8.75. The smallest absolute Gasteiger partial charge is 0.262 e. The Balaban J connectivity index is 1.57. The first kappa shape index (κ1) is 18.6. The molecule has 3 aromatic carbocycles. The van der Waals surface area contributed by atoms with Gasteiger partial charge in [0.1, 0.15) is 5.75 Å². The van der Waals surface area contributed by atoms with E-state index < -0.39 is 0 Å². The third-order valence-corrected chi connectivity index (χ3v) is 5.16. The monoisotopic (exact) mass is 414 g/mol. The maximum atomic E-state index is 12.6. The molecule has 2 amide bonds. The van der Waals surface area contributed by atoms with Crippen molar-refractivity contribution >= 4 is 57.2 Å². The fourth-order valence-corrected chi connectivity index (χ4v) is 3.85. The number of nitrogens with one attached hydrogen (secondary N) is 1. The van der Waals surface area contributed by atoms with Crippen LogP contribution in [0.25, 0.3) is 10.8 Å². The van der Waals surface area contributed by atoms with Gasteiger partial charge < -0.3 is 15.0 Å². The lowest BCUT2D eigenvalue weighted by molar-refractivity contribution is -0.118. The van der Waals surface area contributed by atoms with Crippen molar-refractivity contribution in [3.8, 4) is 5.75 Å². The quantitative estimate of drug-likeness (QED) is 0.628. The molecule has 0 saturated heterocycles. The summed E-state index contributed by atoms with van der Waals surface area (Å²) in [6.07, 6.45) is 0. The van der Waals surface area contributed by atoms with Crippen LogP contribution in [-0.2, 0) is 4.79 Å². The van der Waals surface area contributed by atoms with Crippen molar-refractivity contribution in [3.63, 3.8) is 0 Å². The summed E-state index contributed by atoms with van der Waals surface area (Å²) in [5.74, 6) is 0.0292. The van der Waals surface area contributed by atoms with Gasteiger partial charge in [-0.15, -0.1) is 0 Å². The maximum absolute atomic E-state index is 12.6. The average Bonchev–Trinajstić information content (AvgIpc) is 2.96. The van der Waals surface area contributed by atoms with Crippen LogP contribution in [0.5, 0.6) is 5.75 Å². The van der Waals surface area contributed by atoms with E-state index in [1.54, 1.807) is 35.2 Å². The van der Waals surface area contributed by atoms with Crippen LogP contribution >= 0.6 is 23.2 Å². The number of halogens is 2. The molecule has 3 aromatic rings. The Hall–Kier alpha value is -2.76. The number of hydrogen-bond donors (Lipinski definition) is 1. The summed E-state index contributed by atoms with van der Waals surface area (Å²) >= 11 is 11.9. The molecule has 28 heavy (non-hydrogen) atoms. The zero-order chi connectivity index (χ0) is 19.8. The summed E-state index contributed by atoms with van der Waals surface area (Å²) in [4.78, 5) is 26.7. The van der Waals surface area contributed by atoms with Crippen LogP contribution in [0.2, 0.25) is 10.0 Å². The molecule has 4 rings (SSSR count). The molecule has 0 unspecified atom stereocenters. The van der Waals surface area contributed by atoms with Gasteiger partial charge in [0.15, 0.2) is 6.61 Å². The molecule has 5 nitrogen and oxygen atoms in total. The van der Waals surface area contributed by atoms with Crippen LogP contribution in [0.1, 0.15) is 17.3 Å². The summed E-state index contributed by atoms with van der Waals surface area (Å²) in [6.45, 7) is 2.32. The second-order valence-corrected chi connectivity index (χ2v) is 7.17. The number of nitrogens with zero attached hydrogens (tertiary/aromatic N) is 1. The lowest BCUT2D eigenvalue weighted by Crippen LogP contribution is -2.25. The van der Waals surface area contributed by atoms with Crippen LogP contribution in [-0.4, -0.2) is 25.0 Å². The lowest BCUT2D eigenvalue weighted by Gasteiger charge is -2.15. The first-order chi connectivity index (χ1) is 13.5. The van der Waals surface area contributed by atoms with E-state index in [0.717, 1.165) is 16.5 Å². The molecule has 1 N–H and O–H groups in total. The number of benzene rings is 3. The lowest BCUT2D eigenvalue weighted by atomic mass is 10.0. The largest absolute Gasteiger partial charge is 0.482 e. The van der Waals surface area contributed by atoms with Crippen LogP contribution in [0, 0.1) is 0 Å². The third-order valence-electron chi connectivity index (χ3n) is 4.63. The van der Waals surface area contributed by atoms with Crippen molar-refractivity contribution in [2.45, 2.75) is 6.92 Å². The fraction of sp³-hybridized carbons (Fsp3) is 0.143. The van der Waals surface area contributed by atoms with Crippen molar-refractivity contribution in [1.82, 2.24) is 0 Å². The molecular weight excluding hydrogens is 399 g/mol. The Kier molecular flexibility index (Phi) is 4.87. The SMILES string of the molecule is CCN1C(=O)c2cccc3c(NC(=O)COc4ccc(Cl)cc4Cl)ccc1c23. The molecule has 0 spiro atoms. The van der Waals surface area contributed by atoms with Crippen LogP contribution in [0.4, 0.5) is 11.4 Å². The van der Waals surface area contributed by atoms with Gasteiger partial charge in [-0.25, -0.2) is 0 Å². The standard InChI is InChI=1S/C21H16Cl2N2O3/c1-2-25-17-8-7-16(13-4-3-5-14(20(13)17)21(25)27)24-19(26)11-28-18-9-6-12(22)10-15(18)23/h3-10H,2,11H2,1H3,(H,24,26). The number of anilines is 2. The number of carbonyl (C=O) groups excluding carboxylic acids is 2. The van der Waals surface area contributed by atoms with E-state index in [0.29, 0.717) is 33.6 Å². The Morgan fingerprint density at radius 1 is 1.14 bits per heavy atom. The molecule has 142 valence electrons. The highest BCUT2D eigenvalue weighted by Crippen LogP contribution is 2.40. The van der Waals surface area contributed by atoms with Crippen molar-refractivity contribution in [3.05, 3.63) is 64.1 Å². The van der Waals surface area contributed by atoms with Gasteiger partial charge in [-0.05, 0) is 43.3 Å². The summed E-state index contributed by atoms with van der Waals surface area (Å²) in [5.41, 5.74) is 2.14. The van der Waals surface area contributed by atoms with Gasteiger partial charge in [0, 0.05) is 33.6 Å². The second-order valence-electron chi connectivity index (χ2n) is 6.32. The fourth-order valence-electron chi connectivity index (χ4n) is 3.39. The van der Waals surface area contributed by atoms with Crippen molar-refractivity contribution < 1.29 is 14.3 Å². The topological polar surface area (TPSA) is 58.6 Å². The van der Waals surface area contributed by atoms with Crippen LogP contribution in [0.3, 0.4) is 0 Å². The summed E-state index contributed by atoms with van der Waals surface area (Å²) in [5, 5.41) is 5.35. The summed E-state index contributed by atoms with van der Waals surface area (Å²) < 4.78 is 5.48. The zero-order valence-electron chi connectivity index (χ0n) is 15.0. The number of amides is 2. The Bertz CT molecular complexity index is 1110. The van der Waals surface area contributed by atoms with E-state index in [-0.39, 0.29) is 18.4 Å². The average molecular weight is 415 g/mol. The molecule has 0 fully saturated rings. The third kappa shape index (κ3) is 3.17. The first-order valence-corrected chi connectivity index (χ1v) is 9.50. The molecule has 1 heterocycles. The van der Waals surface area contributed by atoms with Crippen LogP contribution in [0.15, 0.2) is 48.5 Å². The number of ether oxygens (including phenoxy) is 1. The molecule has 0 aromatic heterocycles.